The predicted octanol–water partition coefficient (Wildman–Crippen LogP) is 4.20. The van der Waals surface area contributed by atoms with Gasteiger partial charge in [-0.05, 0) is 42.1 Å². The third-order valence-electron chi connectivity index (χ3n) is 4.01. The molecule has 2 aromatic carbocycles. The van der Waals surface area contributed by atoms with Crippen LogP contribution in [0.15, 0.2) is 54.6 Å². The molecule has 3 rings (SSSR count). The van der Waals surface area contributed by atoms with Crippen molar-refractivity contribution >= 4 is 11.6 Å². The summed E-state index contributed by atoms with van der Waals surface area (Å²) < 4.78 is 0. The highest BCUT2D eigenvalue weighted by Crippen LogP contribution is 2.37. The number of halogens is 1. The monoisotopic (exact) mass is 271 g/mol. The summed E-state index contributed by atoms with van der Waals surface area (Å²) in [6.45, 7) is 2.14. The van der Waals surface area contributed by atoms with E-state index >= 15 is 0 Å². The zero-order chi connectivity index (χ0) is 13.1. The van der Waals surface area contributed by atoms with Crippen LogP contribution in [0.4, 0.5) is 0 Å². The average molecular weight is 272 g/mol. The van der Waals surface area contributed by atoms with Crippen molar-refractivity contribution in [3.05, 3.63) is 70.7 Å². The first-order valence-electron chi connectivity index (χ1n) is 6.86. The van der Waals surface area contributed by atoms with E-state index in [-0.39, 0.29) is 0 Å². The van der Waals surface area contributed by atoms with Crippen LogP contribution in [0.25, 0.3) is 0 Å². The highest BCUT2D eigenvalue weighted by Gasteiger charge is 2.27. The zero-order valence-electron chi connectivity index (χ0n) is 10.9. The number of benzene rings is 2. The van der Waals surface area contributed by atoms with Crippen molar-refractivity contribution in [2.45, 2.75) is 18.3 Å². The molecule has 0 amide bonds. The fourth-order valence-corrected chi connectivity index (χ4v) is 3.14. The van der Waals surface area contributed by atoms with E-state index in [9.17, 15) is 0 Å². The average Bonchev–Trinajstić information content (AvgIpc) is 2.49. The molecule has 0 saturated carbocycles. The lowest BCUT2D eigenvalue weighted by Crippen LogP contribution is -2.33. The van der Waals surface area contributed by atoms with E-state index in [2.05, 4.69) is 47.8 Å². The molecule has 0 aliphatic carbocycles. The summed E-state index contributed by atoms with van der Waals surface area (Å²) in [5.41, 5.74) is 2.83. The molecule has 1 fully saturated rings. The molecule has 98 valence electrons. The van der Waals surface area contributed by atoms with Gasteiger partial charge in [0, 0.05) is 17.5 Å². The van der Waals surface area contributed by atoms with Crippen LogP contribution >= 0.6 is 11.6 Å². The summed E-state index contributed by atoms with van der Waals surface area (Å²) in [5, 5.41) is 4.32. The van der Waals surface area contributed by atoms with Crippen molar-refractivity contribution in [1.29, 1.82) is 0 Å². The van der Waals surface area contributed by atoms with Crippen LogP contribution in [-0.2, 0) is 0 Å². The molecule has 2 atom stereocenters. The van der Waals surface area contributed by atoms with Crippen LogP contribution in [0.3, 0.4) is 0 Å². The van der Waals surface area contributed by atoms with Gasteiger partial charge >= 0.3 is 0 Å². The van der Waals surface area contributed by atoms with Gasteiger partial charge in [-0.3, -0.25) is 0 Å². The van der Waals surface area contributed by atoms with Gasteiger partial charge in [0.05, 0.1) is 0 Å². The Bertz CT molecular complexity index is 521. The Kier molecular flexibility index (Phi) is 3.86. The van der Waals surface area contributed by atoms with Gasteiger partial charge in [-0.15, -0.1) is 0 Å². The van der Waals surface area contributed by atoms with E-state index < -0.39 is 0 Å². The fraction of sp³-hybridized carbons (Fsp3) is 0.294. The summed E-state index contributed by atoms with van der Waals surface area (Å²) in [7, 11) is 0. The molecular formula is C17H18ClN. The maximum absolute atomic E-state index is 5.99. The lowest BCUT2D eigenvalue weighted by molar-refractivity contribution is 0.404. The first-order valence-corrected chi connectivity index (χ1v) is 7.23. The summed E-state index contributed by atoms with van der Waals surface area (Å²) in [4.78, 5) is 0. The van der Waals surface area contributed by atoms with Crippen LogP contribution in [0.2, 0.25) is 5.02 Å². The minimum atomic E-state index is 0.536. The number of hydrogen-bond donors (Lipinski definition) is 1. The van der Waals surface area contributed by atoms with Crippen LogP contribution < -0.4 is 5.32 Å². The van der Waals surface area contributed by atoms with Gasteiger partial charge < -0.3 is 5.32 Å². The topological polar surface area (TPSA) is 12.0 Å². The Labute approximate surface area is 119 Å². The Hall–Kier alpha value is -1.31. The maximum atomic E-state index is 5.99. The van der Waals surface area contributed by atoms with E-state index in [1.54, 1.807) is 0 Å². The molecule has 0 radical (unpaired) electrons. The molecule has 1 saturated heterocycles. The quantitative estimate of drug-likeness (QED) is 0.863. The Morgan fingerprint density at radius 1 is 0.842 bits per heavy atom. The zero-order valence-corrected chi connectivity index (χ0v) is 11.6. The second kappa shape index (κ2) is 5.77. The second-order valence-electron chi connectivity index (χ2n) is 5.17. The Morgan fingerprint density at radius 2 is 1.53 bits per heavy atom. The molecule has 1 aliphatic heterocycles. The highest BCUT2D eigenvalue weighted by atomic mass is 35.5. The van der Waals surface area contributed by atoms with Crippen molar-refractivity contribution in [1.82, 2.24) is 5.32 Å². The molecule has 1 N–H and O–H groups in total. The molecule has 0 spiro atoms. The molecular weight excluding hydrogens is 254 g/mol. The van der Waals surface area contributed by atoms with E-state index in [0.29, 0.717) is 11.8 Å². The standard InChI is InChI=1S/C17H18ClN/c18-15-8-6-14(7-9-15)17-12-19-11-10-16(17)13-4-2-1-3-5-13/h1-9,16-17,19H,10-12H2/t16-,17+/m0/s1. The summed E-state index contributed by atoms with van der Waals surface area (Å²) in [6, 6.07) is 19.2. The van der Waals surface area contributed by atoms with Crippen LogP contribution in [-0.4, -0.2) is 13.1 Å². The number of hydrogen-bond acceptors (Lipinski definition) is 1. The van der Waals surface area contributed by atoms with E-state index in [4.69, 9.17) is 11.6 Å². The predicted molar refractivity (Wildman–Crippen MR) is 80.9 cm³/mol. The van der Waals surface area contributed by atoms with Crippen LogP contribution in [0.5, 0.6) is 0 Å². The van der Waals surface area contributed by atoms with Gasteiger partial charge in [0.1, 0.15) is 0 Å². The van der Waals surface area contributed by atoms with Crippen molar-refractivity contribution in [2.75, 3.05) is 13.1 Å². The van der Waals surface area contributed by atoms with Crippen LogP contribution in [0.1, 0.15) is 29.4 Å². The lowest BCUT2D eigenvalue weighted by atomic mass is 9.77. The molecule has 2 aromatic rings. The smallest absolute Gasteiger partial charge is 0.0406 e. The molecule has 0 unspecified atom stereocenters. The summed E-state index contributed by atoms with van der Waals surface area (Å²) in [6.07, 6.45) is 1.19. The SMILES string of the molecule is Clc1ccc([C@H]2CNCC[C@H]2c2ccccc2)cc1. The normalized spacial score (nSPS) is 23.2. The second-order valence-corrected chi connectivity index (χ2v) is 5.60. The summed E-state index contributed by atoms with van der Waals surface area (Å²) in [5.74, 6) is 1.14. The van der Waals surface area contributed by atoms with Gasteiger partial charge in [0.15, 0.2) is 0 Å². The van der Waals surface area contributed by atoms with Gasteiger partial charge in [-0.25, -0.2) is 0 Å². The van der Waals surface area contributed by atoms with Crippen molar-refractivity contribution in [3.63, 3.8) is 0 Å². The summed E-state index contributed by atoms with van der Waals surface area (Å²) >= 11 is 5.99. The fourth-order valence-electron chi connectivity index (χ4n) is 3.02. The largest absolute Gasteiger partial charge is 0.316 e. The molecule has 2 heteroatoms. The van der Waals surface area contributed by atoms with Crippen molar-refractivity contribution in [2.24, 2.45) is 0 Å². The highest BCUT2D eigenvalue weighted by molar-refractivity contribution is 6.30. The minimum Gasteiger partial charge on any atom is -0.316 e. The van der Waals surface area contributed by atoms with E-state index in [0.717, 1.165) is 18.1 Å². The van der Waals surface area contributed by atoms with Crippen LogP contribution in [0, 0.1) is 0 Å². The molecule has 1 heterocycles. The lowest BCUT2D eigenvalue weighted by Gasteiger charge is -2.33. The third kappa shape index (κ3) is 2.83. The van der Waals surface area contributed by atoms with E-state index in [1.165, 1.54) is 17.5 Å². The maximum Gasteiger partial charge on any atom is 0.0406 e. The molecule has 1 nitrogen and oxygen atoms in total. The Morgan fingerprint density at radius 3 is 2.26 bits per heavy atom. The third-order valence-corrected chi connectivity index (χ3v) is 4.26. The first-order chi connectivity index (χ1) is 9.34. The Balaban J connectivity index is 1.91. The van der Waals surface area contributed by atoms with Gasteiger partial charge in [0.2, 0.25) is 0 Å². The van der Waals surface area contributed by atoms with Gasteiger partial charge in [0.25, 0.3) is 0 Å². The molecule has 0 bridgehead atoms. The number of rotatable bonds is 2. The minimum absolute atomic E-state index is 0.536. The van der Waals surface area contributed by atoms with Crippen molar-refractivity contribution < 1.29 is 0 Å². The molecule has 0 aromatic heterocycles. The van der Waals surface area contributed by atoms with Gasteiger partial charge in [-0.2, -0.15) is 0 Å². The van der Waals surface area contributed by atoms with E-state index in [1.807, 2.05) is 12.1 Å². The van der Waals surface area contributed by atoms with Gasteiger partial charge in [-0.1, -0.05) is 54.1 Å². The first kappa shape index (κ1) is 12.7. The molecule has 1 aliphatic rings. The van der Waals surface area contributed by atoms with Crippen molar-refractivity contribution in [3.8, 4) is 0 Å². The number of nitrogens with one attached hydrogen (secondary N) is 1. The number of piperidine rings is 1. The molecule has 19 heavy (non-hydrogen) atoms.